The van der Waals surface area contributed by atoms with Gasteiger partial charge in [0.05, 0.1) is 11.1 Å². The van der Waals surface area contributed by atoms with Crippen LogP contribution in [0.25, 0.3) is 0 Å². The van der Waals surface area contributed by atoms with E-state index >= 15 is 0 Å². The van der Waals surface area contributed by atoms with Crippen LogP contribution in [0.3, 0.4) is 0 Å². The molecule has 0 radical (unpaired) electrons. The zero-order valence-electron chi connectivity index (χ0n) is 10.8. The molecule has 0 atom stereocenters. The zero-order valence-corrected chi connectivity index (χ0v) is 10.8. The Hall–Kier alpha value is -1.85. The minimum Gasteiger partial charge on any atom is -0.481 e. The molecule has 1 aromatic rings. The fourth-order valence-electron chi connectivity index (χ4n) is 1.76. The van der Waals surface area contributed by atoms with Gasteiger partial charge in [0.2, 0.25) is 5.91 Å². The summed E-state index contributed by atoms with van der Waals surface area (Å²) in [6, 6.07) is 0.101. The summed E-state index contributed by atoms with van der Waals surface area (Å²) in [4.78, 5) is 27.0. The Kier molecular flexibility index (Phi) is 4.47. The predicted molar refractivity (Wildman–Crippen MR) is 65.1 cm³/mol. The molecule has 6 nitrogen and oxygen atoms in total. The van der Waals surface area contributed by atoms with Gasteiger partial charge in [0.25, 0.3) is 0 Å². The van der Waals surface area contributed by atoms with E-state index in [4.69, 9.17) is 4.42 Å². The van der Waals surface area contributed by atoms with Crippen LogP contribution in [0.5, 0.6) is 0 Å². The molecule has 0 bridgehead atoms. The number of carbonyl (C=O) groups is 2. The number of nitrogens with one attached hydrogen (secondary N) is 1. The van der Waals surface area contributed by atoms with Crippen LogP contribution in [0.4, 0.5) is 6.01 Å². The van der Waals surface area contributed by atoms with Gasteiger partial charge in [0.15, 0.2) is 0 Å². The number of amides is 1. The van der Waals surface area contributed by atoms with Gasteiger partial charge >= 0.3 is 12.0 Å². The molecule has 0 fully saturated rings. The molecule has 0 aliphatic rings. The number of hydrogen-bond donors (Lipinski definition) is 2. The molecule has 0 saturated heterocycles. The lowest BCUT2D eigenvalue weighted by atomic mass is 9.79. The third kappa shape index (κ3) is 3.09. The number of aromatic nitrogens is 1. The maximum atomic E-state index is 11.8. The summed E-state index contributed by atoms with van der Waals surface area (Å²) in [6.45, 7) is 5.26. The monoisotopic (exact) mass is 254 g/mol. The molecular formula is C12H18N2O4. The SMILES string of the molecule is CCC(CC)(CC(=O)Nc1nc(C)co1)C(=O)O. The molecule has 0 aliphatic carbocycles. The average molecular weight is 254 g/mol. The first-order chi connectivity index (χ1) is 8.43. The highest BCUT2D eigenvalue weighted by molar-refractivity contribution is 5.92. The number of nitrogens with zero attached hydrogens (tertiary/aromatic N) is 1. The second-order valence-corrected chi connectivity index (χ2v) is 4.31. The Bertz CT molecular complexity index is 435. The molecule has 2 N–H and O–H groups in total. The predicted octanol–water partition coefficient (Wildman–Crippen LogP) is 2.20. The van der Waals surface area contributed by atoms with Crippen molar-refractivity contribution in [2.45, 2.75) is 40.0 Å². The van der Waals surface area contributed by atoms with Crippen molar-refractivity contribution in [1.29, 1.82) is 0 Å². The molecule has 6 heteroatoms. The summed E-state index contributed by atoms with van der Waals surface area (Å²) in [5.74, 6) is -1.35. The van der Waals surface area contributed by atoms with Gasteiger partial charge in [-0.15, -0.1) is 0 Å². The van der Waals surface area contributed by atoms with E-state index in [2.05, 4.69) is 10.3 Å². The normalized spacial score (nSPS) is 11.3. The summed E-state index contributed by atoms with van der Waals surface area (Å²) < 4.78 is 4.99. The third-order valence-electron chi connectivity index (χ3n) is 3.17. The highest BCUT2D eigenvalue weighted by atomic mass is 16.4. The summed E-state index contributed by atoms with van der Waals surface area (Å²) in [5.41, 5.74) is -0.369. The number of hydrogen-bond acceptors (Lipinski definition) is 4. The number of carboxylic acid groups (broad SMARTS) is 1. The summed E-state index contributed by atoms with van der Waals surface area (Å²) >= 11 is 0. The van der Waals surface area contributed by atoms with Gasteiger partial charge in [-0.2, -0.15) is 4.98 Å². The molecule has 1 aromatic heterocycles. The lowest BCUT2D eigenvalue weighted by Crippen LogP contribution is -2.34. The van der Waals surface area contributed by atoms with Crippen LogP contribution in [0.2, 0.25) is 0 Å². The van der Waals surface area contributed by atoms with E-state index in [1.165, 1.54) is 6.26 Å². The third-order valence-corrected chi connectivity index (χ3v) is 3.17. The molecular weight excluding hydrogens is 236 g/mol. The van der Waals surface area contributed by atoms with Crippen molar-refractivity contribution in [3.63, 3.8) is 0 Å². The van der Waals surface area contributed by atoms with Gasteiger partial charge in [-0.3, -0.25) is 14.9 Å². The molecule has 0 aliphatic heterocycles. The second-order valence-electron chi connectivity index (χ2n) is 4.31. The van der Waals surface area contributed by atoms with Crippen molar-refractivity contribution >= 4 is 17.9 Å². The standard InChI is InChI=1S/C12H18N2O4/c1-4-12(5-2,10(16)17)6-9(15)14-11-13-8(3)7-18-11/h7H,4-6H2,1-3H3,(H,16,17)(H,13,14,15). The number of aryl methyl sites for hydroxylation is 1. The Balaban J connectivity index is 2.70. The number of oxazole rings is 1. The molecule has 0 unspecified atom stereocenters. The van der Waals surface area contributed by atoms with E-state index in [1.54, 1.807) is 20.8 Å². The Morgan fingerprint density at radius 1 is 1.44 bits per heavy atom. The van der Waals surface area contributed by atoms with Gasteiger partial charge in [-0.1, -0.05) is 13.8 Å². The second kappa shape index (κ2) is 5.66. The zero-order chi connectivity index (χ0) is 13.8. The van der Waals surface area contributed by atoms with E-state index in [1.807, 2.05) is 0 Å². The fourth-order valence-corrected chi connectivity index (χ4v) is 1.76. The van der Waals surface area contributed by atoms with Crippen LogP contribution in [-0.4, -0.2) is 22.0 Å². The lowest BCUT2D eigenvalue weighted by Gasteiger charge is -2.25. The van der Waals surface area contributed by atoms with Crippen LogP contribution in [-0.2, 0) is 9.59 Å². The van der Waals surface area contributed by atoms with Crippen LogP contribution < -0.4 is 5.32 Å². The Labute approximate surface area is 105 Å². The first-order valence-electron chi connectivity index (χ1n) is 5.89. The Morgan fingerprint density at radius 3 is 2.44 bits per heavy atom. The van der Waals surface area contributed by atoms with E-state index in [9.17, 15) is 14.7 Å². The van der Waals surface area contributed by atoms with E-state index in [-0.39, 0.29) is 12.4 Å². The summed E-state index contributed by atoms with van der Waals surface area (Å²) in [5, 5.41) is 11.7. The molecule has 0 aromatic carbocycles. The molecule has 1 rings (SSSR count). The van der Waals surface area contributed by atoms with Gasteiger partial charge in [0, 0.05) is 6.42 Å². The van der Waals surface area contributed by atoms with Crippen LogP contribution in [0, 0.1) is 12.3 Å². The largest absolute Gasteiger partial charge is 0.481 e. The van der Waals surface area contributed by atoms with Gasteiger partial charge in [-0.25, -0.2) is 0 Å². The molecule has 0 saturated carbocycles. The molecule has 18 heavy (non-hydrogen) atoms. The minimum atomic E-state index is -1.02. The van der Waals surface area contributed by atoms with Crippen LogP contribution in [0.15, 0.2) is 10.7 Å². The van der Waals surface area contributed by atoms with E-state index in [0.717, 1.165) is 0 Å². The number of carboxylic acids is 1. The average Bonchev–Trinajstić information content (AvgIpc) is 2.71. The molecule has 1 amide bonds. The first-order valence-corrected chi connectivity index (χ1v) is 5.89. The first kappa shape index (κ1) is 14.2. The Morgan fingerprint density at radius 2 is 2.06 bits per heavy atom. The van der Waals surface area contributed by atoms with Gasteiger partial charge in [-0.05, 0) is 19.8 Å². The van der Waals surface area contributed by atoms with Crippen molar-refractivity contribution in [2.24, 2.45) is 5.41 Å². The number of anilines is 1. The van der Waals surface area contributed by atoms with Crippen LogP contribution in [0.1, 0.15) is 38.8 Å². The number of rotatable bonds is 6. The highest BCUT2D eigenvalue weighted by Gasteiger charge is 2.37. The summed E-state index contributed by atoms with van der Waals surface area (Å²) in [7, 11) is 0. The maximum Gasteiger partial charge on any atom is 0.310 e. The van der Waals surface area contributed by atoms with Crippen molar-refractivity contribution in [2.75, 3.05) is 5.32 Å². The smallest absolute Gasteiger partial charge is 0.310 e. The van der Waals surface area contributed by atoms with Crippen molar-refractivity contribution in [3.05, 3.63) is 12.0 Å². The summed E-state index contributed by atoms with van der Waals surface area (Å²) in [6.07, 6.45) is 2.13. The van der Waals surface area contributed by atoms with Crippen molar-refractivity contribution in [3.8, 4) is 0 Å². The van der Waals surface area contributed by atoms with Crippen molar-refractivity contribution < 1.29 is 19.1 Å². The minimum absolute atomic E-state index is 0.0865. The van der Waals surface area contributed by atoms with E-state index in [0.29, 0.717) is 18.5 Å². The molecule has 1 heterocycles. The van der Waals surface area contributed by atoms with Crippen LogP contribution >= 0.6 is 0 Å². The van der Waals surface area contributed by atoms with Gasteiger partial charge in [0.1, 0.15) is 6.26 Å². The lowest BCUT2D eigenvalue weighted by molar-refractivity contribution is -0.151. The topological polar surface area (TPSA) is 92.4 Å². The number of aliphatic carboxylic acids is 1. The molecule has 0 spiro atoms. The number of carbonyl (C=O) groups excluding carboxylic acids is 1. The van der Waals surface area contributed by atoms with Gasteiger partial charge < -0.3 is 9.52 Å². The maximum absolute atomic E-state index is 11.8. The van der Waals surface area contributed by atoms with Crippen molar-refractivity contribution in [1.82, 2.24) is 4.98 Å². The fraction of sp³-hybridized carbons (Fsp3) is 0.583. The highest BCUT2D eigenvalue weighted by Crippen LogP contribution is 2.31. The quantitative estimate of drug-likeness (QED) is 0.811. The molecule has 100 valence electrons. The van der Waals surface area contributed by atoms with E-state index < -0.39 is 17.3 Å².